The number of ether oxygens (including phenoxy) is 1. The number of benzene rings is 2. The summed E-state index contributed by atoms with van der Waals surface area (Å²) in [4.78, 5) is 28.5. The summed E-state index contributed by atoms with van der Waals surface area (Å²) >= 11 is 0. The van der Waals surface area contributed by atoms with Crippen LogP contribution in [0.3, 0.4) is 0 Å². The first-order valence-corrected chi connectivity index (χ1v) is 10.4. The molecule has 0 atom stereocenters. The molecule has 1 fully saturated rings. The highest BCUT2D eigenvalue weighted by Crippen LogP contribution is 2.32. The normalized spacial score (nSPS) is 14.7. The molecular weight excluding hydrogens is 382 g/mol. The molecule has 3 aromatic rings. The molecule has 1 N–H and O–H groups in total. The molecule has 4 rings (SSSR count). The van der Waals surface area contributed by atoms with E-state index < -0.39 is 11.4 Å². The van der Waals surface area contributed by atoms with E-state index in [1.807, 2.05) is 18.2 Å². The standard InChI is InChI=1S/C24H25NO5/c1-2-29-24(28)21-22(27)20-17(15-25-13-7-4-8-14-25)18(26)11-12-19(20)30-23(21)16-9-5-3-6-10-16/h3,5-6,9-12,26H,2,4,7-8,13-15H2,1H3. The average Bonchev–Trinajstić information content (AvgIpc) is 2.77. The Hall–Kier alpha value is -3.12. The minimum absolute atomic E-state index is 0.0302. The molecule has 0 radical (unpaired) electrons. The molecule has 0 saturated carbocycles. The molecule has 2 heterocycles. The average molecular weight is 407 g/mol. The van der Waals surface area contributed by atoms with Gasteiger partial charge in [-0.1, -0.05) is 36.8 Å². The maximum absolute atomic E-state index is 13.6. The molecule has 0 unspecified atom stereocenters. The molecule has 0 amide bonds. The SMILES string of the molecule is CCOC(=O)c1c(-c2ccccc2)oc2ccc(O)c(CN3CCCCC3)c2c1=O. The number of piperidine rings is 1. The summed E-state index contributed by atoms with van der Waals surface area (Å²) in [6.45, 7) is 4.09. The van der Waals surface area contributed by atoms with E-state index in [0.29, 0.717) is 23.3 Å². The van der Waals surface area contributed by atoms with Crippen molar-refractivity contribution >= 4 is 16.9 Å². The monoisotopic (exact) mass is 407 g/mol. The van der Waals surface area contributed by atoms with Crippen molar-refractivity contribution in [2.75, 3.05) is 19.7 Å². The summed E-state index contributed by atoms with van der Waals surface area (Å²) in [5, 5.41) is 10.8. The number of rotatable bonds is 5. The first-order valence-electron chi connectivity index (χ1n) is 10.4. The van der Waals surface area contributed by atoms with E-state index >= 15 is 0 Å². The lowest BCUT2D eigenvalue weighted by Crippen LogP contribution is -2.30. The van der Waals surface area contributed by atoms with Crippen LogP contribution in [0.2, 0.25) is 0 Å². The third kappa shape index (κ3) is 3.83. The fraction of sp³-hybridized carbons (Fsp3) is 0.333. The van der Waals surface area contributed by atoms with Crippen molar-refractivity contribution in [3.05, 3.63) is 63.8 Å². The van der Waals surface area contributed by atoms with Gasteiger partial charge in [0.15, 0.2) is 11.3 Å². The van der Waals surface area contributed by atoms with Gasteiger partial charge < -0.3 is 14.3 Å². The Balaban J connectivity index is 1.94. The van der Waals surface area contributed by atoms with Crippen molar-refractivity contribution in [1.82, 2.24) is 4.90 Å². The second-order valence-electron chi connectivity index (χ2n) is 7.49. The molecule has 6 nitrogen and oxygen atoms in total. The lowest BCUT2D eigenvalue weighted by Gasteiger charge is -2.27. The van der Waals surface area contributed by atoms with E-state index in [4.69, 9.17) is 9.15 Å². The van der Waals surface area contributed by atoms with Crippen LogP contribution in [0.25, 0.3) is 22.3 Å². The topological polar surface area (TPSA) is 80.0 Å². The summed E-state index contributed by atoms with van der Waals surface area (Å²) in [5.41, 5.74) is 0.840. The molecule has 1 saturated heterocycles. The van der Waals surface area contributed by atoms with Gasteiger partial charge in [-0.25, -0.2) is 4.79 Å². The van der Waals surface area contributed by atoms with Crippen molar-refractivity contribution in [3.8, 4) is 17.1 Å². The van der Waals surface area contributed by atoms with Crippen LogP contribution >= 0.6 is 0 Å². The van der Waals surface area contributed by atoms with Gasteiger partial charge in [-0.05, 0) is 45.0 Å². The number of hydrogen-bond acceptors (Lipinski definition) is 6. The Labute approximate surface area is 174 Å². The summed E-state index contributed by atoms with van der Waals surface area (Å²) in [7, 11) is 0. The molecule has 1 aromatic heterocycles. The Morgan fingerprint density at radius 3 is 2.53 bits per heavy atom. The van der Waals surface area contributed by atoms with Gasteiger partial charge >= 0.3 is 5.97 Å². The van der Waals surface area contributed by atoms with Gasteiger partial charge in [0.1, 0.15) is 11.3 Å². The number of esters is 1. The lowest BCUT2D eigenvalue weighted by atomic mass is 10.0. The molecule has 156 valence electrons. The van der Waals surface area contributed by atoms with Gasteiger partial charge in [-0.3, -0.25) is 9.69 Å². The van der Waals surface area contributed by atoms with Crippen LogP contribution in [0.15, 0.2) is 51.7 Å². The highest BCUT2D eigenvalue weighted by atomic mass is 16.5. The molecule has 0 spiro atoms. The van der Waals surface area contributed by atoms with Crippen LogP contribution in [0.5, 0.6) is 5.75 Å². The summed E-state index contributed by atoms with van der Waals surface area (Å²) in [6, 6.07) is 12.2. The first-order chi connectivity index (χ1) is 14.6. The van der Waals surface area contributed by atoms with Gasteiger partial charge in [0, 0.05) is 17.7 Å². The predicted molar refractivity (Wildman–Crippen MR) is 115 cm³/mol. The van der Waals surface area contributed by atoms with Gasteiger partial charge in [0.05, 0.1) is 12.0 Å². The number of carbonyl (C=O) groups is 1. The predicted octanol–water partition coefficient (Wildman–Crippen LogP) is 4.33. The van der Waals surface area contributed by atoms with E-state index in [0.717, 1.165) is 25.9 Å². The van der Waals surface area contributed by atoms with Crippen LogP contribution in [-0.4, -0.2) is 35.7 Å². The number of likely N-dealkylation sites (tertiary alicyclic amines) is 1. The smallest absolute Gasteiger partial charge is 0.346 e. The van der Waals surface area contributed by atoms with E-state index in [1.165, 1.54) is 6.42 Å². The van der Waals surface area contributed by atoms with Crippen molar-refractivity contribution in [2.45, 2.75) is 32.7 Å². The fourth-order valence-corrected chi connectivity index (χ4v) is 4.02. The highest BCUT2D eigenvalue weighted by molar-refractivity contribution is 6.00. The van der Waals surface area contributed by atoms with Crippen LogP contribution in [-0.2, 0) is 11.3 Å². The molecule has 0 aliphatic carbocycles. The van der Waals surface area contributed by atoms with Gasteiger partial charge in [0.2, 0.25) is 5.43 Å². The van der Waals surface area contributed by atoms with E-state index in [9.17, 15) is 14.7 Å². The molecule has 0 bridgehead atoms. The summed E-state index contributed by atoms with van der Waals surface area (Å²) in [6.07, 6.45) is 3.37. The molecule has 1 aliphatic rings. The zero-order chi connectivity index (χ0) is 21.1. The summed E-state index contributed by atoms with van der Waals surface area (Å²) < 4.78 is 11.2. The number of phenolic OH excluding ortho intramolecular Hbond substituents is 1. The second kappa shape index (κ2) is 8.71. The Morgan fingerprint density at radius 1 is 1.10 bits per heavy atom. The van der Waals surface area contributed by atoms with Gasteiger partial charge in [-0.2, -0.15) is 0 Å². The van der Waals surface area contributed by atoms with E-state index in [2.05, 4.69) is 4.90 Å². The van der Waals surface area contributed by atoms with Crippen molar-refractivity contribution in [1.29, 1.82) is 0 Å². The zero-order valence-corrected chi connectivity index (χ0v) is 17.0. The maximum atomic E-state index is 13.6. The number of nitrogens with zero attached hydrogens (tertiary/aromatic N) is 1. The van der Waals surface area contributed by atoms with Crippen molar-refractivity contribution in [3.63, 3.8) is 0 Å². The number of carbonyl (C=O) groups excluding carboxylic acids is 1. The van der Waals surface area contributed by atoms with Crippen LogP contribution in [0.1, 0.15) is 42.1 Å². The van der Waals surface area contributed by atoms with Crippen LogP contribution in [0, 0.1) is 0 Å². The lowest BCUT2D eigenvalue weighted by molar-refractivity contribution is 0.0524. The first kappa shape index (κ1) is 20.2. The molecule has 30 heavy (non-hydrogen) atoms. The highest BCUT2D eigenvalue weighted by Gasteiger charge is 2.26. The second-order valence-corrected chi connectivity index (χ2v) is 7.49. The van der Waals surface area contributed by atoms with Gasteiger partial charge in [-0.15, -0.1) is 0 Å². The Kier molecular flexibility index (Phi) is 5.86. The number of hydrogen-bond donors (Lipinski definition) is 1. The Bertz CT molecular complexity index is 1110. The van der Waals surface area contributed by atoms with Crippen molar-refractivity contribution in [2.24, 2.45) is 0 Å². The molecule has 6 heteroatoms. The zero-order valence-electron chi connectivity index (χ0n) is 17.0. The summed E-state index contributed by atoms with van der Waals surface area (Å²) in [5.74, 6) is -0.511. The van der Waals surface area contributed by atoms with Crippen LogP contribution in [0.4, 0.5) is 0 Å². The van der Waals surface area contributed by atoms with Gasteiger partial charge in [0.25, 0.3) is 0 Å². The number of phenols is 1. The maximum Gasteiger partial charge on any atom is 0.346 e. The minimum Gasteiger partial charge on any atom is -0.508 e. The third-order valence-electron chi connectivity index (χ3n) is 5.49. The van der Waals surface area contributed by atoms with Crippen LogP contribution < -0.4 is 5.43 Å². The molecule has 2 aromatic carbocycles. The largest absolute Gasteiger partial charge is 0.508 e. The minimum atomic E-state index is -0.723. The Morgan fingerprint density at radius 2 is 1.83 bits per heavy atom. The van der Waals surface area contributed by atoms with E-state index in [1.54, 1.807) is 31.2 Å². The van der Waals surface area contributed by atoms with E-state index in [-0.39, 0.29) is 29.1 Å². The number of aromatic hydroxyl groups is 1. The molecule has 1 aliphatic heterocycles. The molecular formula is C24H25NO5. The van der Waals surface area contributed by atoms with Crippen molar-refractivity contribution < 1.29 is 19.1 Å². The quantitative estimate of drug-likeness (QED) is 0.634. The third-order valence-corrected chi connectivity index (χ3v) is 5.49. The number of fused-ring (bicyclic) bond motifs is 1. The fourth-order valence-electron chi connectivity index (χ4n) is 4.02.